The first-order valence-corrected chi connectivity index (χ1v) is 18.3. The maximum atomic E-state index is 15.5. The Morgan fingerprint density at radius 3 is 2.46 bits per heavy atom. The van der Waals surface area contributed by atoms with Crippen molar-refractivity contribution in [2.75, 3.05) is 30.6 Å². The number of carbonyl (C=O) groups is 2. The zero-order valence-corrected chi connectivity index (χ0v) is 29.6. The van der Waals surface area contributed by atoms with Crippen LogP contribution in [0.15, 0.2) is 76.4 Å². The third-order valence-corrected chi connectivity index (χ3v) is 9.46. The lowest BCUT2D eigenvalue weighted by molar-refractivity contribution is -0.123. The second-order valence-corrected chi connectivity index (χ2v) is 14.7. The summed E-state index contributed by atoms with van der Waals surface area (Å²) in [6.07, 6.45) is 5.71. The second kappa shape index (κ2) is 14.5. The molecular formula is C34H33ClF4N8O4S. The predicted octanol–water partition coefficient (Wildman–Crippen LogP) is 4.54. The third kappa shape index (κ3) is 7.89. The number of benzene rings is 2. The van der Waals surface area contributed by atoms with E-state index >= 15 is 4.39 Å². The number of allylic oxidation sites excluding steroid dienone is 2. The van der Waals surface area contributed by atoms with Gasteiger partial charge in [-0.05, 0) is 54.8 Å². The molecule has 52 heavy (non-hydrogen) atoms. The summed E-state index contributed by atoms with van der Waals surface area (Å²) in [5.74, 6) is -7.23. The Labute approximate surface area is 301 Å². The number of aromatic nitrogens is 2. The Kier molecular flexibility index (Phi) is 10.3. The van der Waals surface area contributed by atoms with Gasteiger partial charge in [-0.1, -0.05) is 11.6 Å². The van der Waals surface area contributed by atoms with Crippen LogP contribution in [0.3, 0.4) is 0 Å². The maximum absolute atomic E-state index is 15.5. The summed E-state index contributed by atoms with van der Waals surface area (Å²) in [6.45, 7) is -0.278. The lowest BCUT2D eigenvalue weighted by Crippen LogP contribution is -2.58. The van der Waals surface area contributed by atoms with Gasteiger partial charge in [0.1, 0.15) is 47.4 Å². The number of aliphatic imine (C=N–C) groups is 2. The highest BCUT2D eigenvalue weighted by atomic mass is 35.5. The molecule has 3 unspecified atom stereocenters. The summed E-state index contributed by atoms with van der Waals surface area (Å²) in [5, 5.41) is 10.2. The van der Waals surface area contributed by atoms with Crippen molar-refractivity contribution in [2.24, 2.45) is 15.9 Å². The summed E-state index contributed by atoms with van der Waals surface area (Å²) >= 11 is 6.57. The monoisotopic (exact) mass is 760 g/mol. The molecule has 1 fully saturated rings. The van der Waals surface area contributed by atoms with Crippen LogP contribution in [0.5, 0.6) is 0 Å². The molecule has 1 saturated carbocycles. The van der Waals surface area contributed by atoms with Crippen LogP contribution in [-0.2, 0) is 32.6 Å². The van der Waals surface area contributed by atoms with Crippen LogP contribution in [-0.4, -0.2) is 74.1 Å². The van der Waals surface area contributed by atoms with Gasteiger partial charge in [0, 0.05) is 44.8 Å². The van der Waals surface area contributed by atoms with Crippen molar-refractivity contribution >= 4 is 56.5 Å². The van der Waals surface area contributed by atoms with Crippen LogP contribution in [0.2, 0.25) is 5.02 Å². The van der Waals surface area contributed by atoms with E-state index in [9.17, 15) is 31.2 Å². The van der Waals surface area contributed by atoms with Crippen LogP contribution < -0.4 is 20.3 Å². The van der Waals surface area contributed by atoms with E-state index in [1.807, 2.05) is 0 Å². The van der Waals surface area contributed by atoms with Gasteiger partial charge in [-0.15, -0.1) is 0 Å². The van der Waals surface area contributed by atoms with Crippen LogP contribution in [0.25, 0.3) is 0 Å². The van der Waals surface area contributed by atoms with Crippen molar-refractivity contribution < 1.29 is 35.6 Å². The molecule has 274 valence electrons. The summed E-state index contributed by atoms with van der Waals surface area (Å²) < 4.78 is 87.2. The van der Waals surface area contributed by atoms with Crippen molar-refractivity contribution in [3.05, 3.63) is 99.9 Å². The molecule has 3 aromatic rings. The highest BCUT2D eigenvalue weighted by Crippen LogP contribution is 2.41. The van der Waals surface area contributed by atoms with Gasteiger partial charge in [0.05, 0.1) is 46.0 Å². The van der Waals surface area contributed by atoms with E-state index in [0.717, 1.165) is 47.9 Å². The number of sulfonamides is 1. The summed E-state index contributed by atoms with van der Waals surface area (Å²) in [4.78, 5) is 37.8. The number of amides is 2. The topological polar surface area (TPSA) is 150 Å². The number of nitrogens with zero attached hydrogens (tertiary/aromatic N) is 5. The number of hydrogen-bond donors (Lipinski definition) is 3. The van der Waals surface area contributed by atoms with Gasteiger partial charge in [-0.25, -0.2) is 26.0 Å². The molecule has 2 heterocycles. The summed E-state index contributed by atoms with van der Waals surface area (Å²) in [5.41, 5.74) is 0.909. The average Bonchev–Trinajstić information content (AvgIpc) is 3.80. The van der Waals surface area contributed by atoms with Gasteiger partial charge in [0.2, 0.25) is 21.8 Å². The molecule has 1 aliphatic heterocycles. The molecule has 18 heteroatoms. The maximum Gasteiger partial charge on any atom is 0.245 e. The lowest BCUT2D eigenvalue weighted by Gasteiger charge is -2.39. The fraction of sp³-hybridized carbons (Fsp3) is 0.324. The molecule has 2 amide bonds. The first-order valence-electron chi connectivity index (χ1n) is 16.0. The van der Waals surface area contributed by atoms with Gasteiger partial charge in [0.25, 0.3) is 0 Å². The highest BCUT2D eigenvalue weighted by molar-refractivity contribution is 7.89. The molecule has 2 aromatic carbocycles. The number of halogens is 5. The molecule has 6 rings (SSSR count). The minimum absolute atomic E-state index is 0.00398. The van der Waals surface area contributed by atoms with Crippen LogP contribution in [0.4, 0.5) is 28.9 Å². The van der Waals surface area contributed by atoms with Crippen molar-refractivity contribution in [3.8, 4) is 0 Å². The van der Waals surface area contributed by atoms with Crippen LogP contribution in [0.1, 0.15) is 35.6 Å². The number of carbonyl (C=O) groups excluding carboxylic acids is 2. The molecule has 0 radical (unpaired) electrons. The molecule has 12 nitrogen and oxygen atoms in total. The van der Waals surface area contributed by atoms with Gasteiger partial charge < -0.3 is 10.6 Å². The average molecular weight is 761 g/mol. The number of nitrogens with one attached hydrogen (secondary N) is 3. The predicted molar refractivity (Wildman–Crippen MR) is 188 cm³/mol. The van der Waals surface area contributed by atoms with E-state index < -0.39 is 63.1 Å². The largest absolute Gasteiger partial charge is 0.386 e. The Hall–Kier alpha value is -5.03. The number of anilines is 2. The van der Waals surface area contributed by atoms with E-state index in [1.165, 1.54) is 30.9 Å². The fourth-order valence-electron chi connectivity index (χ4n) is 6.26. The first-order chi connectivity index (χ1) is 24.6. The lowest BCUT2D eigenvalue weighted by atomic mass is 9.88. The van der Waals surface area contributed by atoms with Crippen molar-refractivity contribution in [1.29, 1.82) is 0 Å². The van der Waals surface area contributed by atoms with Gasteiger partial charge in [-0.2, -0.15) is 5.10 Å². The van der Waals surface area contributed by atoms with Gasteiger partial charge in [0.15, 0.2) is 0 Å². The van der Waals surface area contributed by atoms with Crippen molar-refractivity contribution in [3.63, 3.8) is 0 Å². The molecule has 3 aliphatic rings. The van der Waals surface area contributed by atoms with Gasteiger partial charge >= 0.3 is 0 Å². The Bertz CT molecular complexity index is 2160. The zero-order chi connectivity index (χ0) is 37.5. The number of rotatable bonds is 11. The standard InChI is InChI=1S/C34H33ClF4N8O4S/c1-40-31-27(7-6-22(35)29(31)32(41-2)45-52(3,50)51)47-33(43-25-15-21(38)14-23(39)30(25)34(47)49)26(12-17-10-19(36)13-20(37)11-17)42-28(48)16-46-9-8-24(44-46)18-4-5-18/h6-11,13-15,18,25-26,30,40H,4-5,12,16H2,1-3H3,(H,41,45)(H,42,48). The minimum Gasteiger partial charge on any atom is -0.386 e. The first kappa shape index (κ1) is 36.8. The molecule has 0 bridgehead atoms. The van der Waals surface area contributed by atoms with E-state index in [4.69, 9.17) is 11.6 Å². The number of fused-ring (bicyclic) bond motifs is 1. The SMILES string of the molecule is CN=C(NS(C)(=O)=O)c1c(Cl)ccc(N2C(=O)C3C(F)=CC(F)=CC3N=C2C(Cc2cc(F)cc(F)c2)NC(=O)Cn2ccc(C3CC3)n2)c1NC. The molecule has 0 spiro atoms. The molecule has 3 atom stereocenters. The molecule has 0 saturated heterocycles. The minimum atomic E-state index is -3.89. The Morgan fingerprint density at radius 2 is 1.83 bits per heavy atom. The molecule has 1 aromatic heterocycles. The zero-order valence-electron chi connectivity index (χ0n) is 28.0. The Morgan fingerprint density at radius 1 is 1.12 bits per heavy atom. The van der Waals surface area contributed by atoms with E-state index in [0.29, 0.717) is 18.1 Å². The summed E-state index contributed by atoms with van der Waals surface area (Å²) in [6, 6.07) is 4.54. The summed E-state index contributed by atoms with van der Waals surface area (Å²) in [7, 11) is -1.14. The smallest absolute Gasteiger partial charge is 0.245 e. The molecular weight excluding hydrogens is 728 g/mol. The molecule has 3 N–H and O–H groups in total. The normalized spacial score (nSPS) is 19.7. The van der Waals surface area contributed by atoms with E-state index in [2.05, 4.69) is 30.4 Å². The second-order valence-electron chi connectivity index (χ2n) is 12.5. The fourth-order valence-corrected chi connectivity index (χ4v) is 7.05. The number of hydrogen-bond acceptors (Lipinski definition) is 8. The molecule has 2 aliphatic carbocycles. The number of amidine groups is 2. The van der Waals surface area contributed by atoms with Crippen LogP contribution >= 0.6 is 11.6 Å². The van der Waals surface area contributed by atoms with Crippen molar-refractivity contribution in [2.45, 2.75) is 43.8 Å². The van der Waals surface area contributed by atoms with Gasteiger partial charge in [-0.3, -0.25) is 33.9 Å². The Balaban J connectivity index is 1.50. The van der Waals surface area contributed by atoms with E-state index in [1.54, 1.807) is 12.3 Å². The van der Waals surface area contributed by atoms with Crippen molar-refractivity contribution in [1.82, 2.24) is 19.8 Å². The highest BCUT2D eigenvalue weighted by Gasteiger charge is 2.46. The van der Waals surface area contributed by atoms with E-state index in [-0.39, 0.29) is 52.2 Å². The quantitative estimate of drug-likeness (QED) is 0.149. The third-order valence-electron chi connectivity index (χ3n) is 8.58. The van der Waals surface area contributed by atoms with Crippen LogP contribution in [0, 0.1) is 17.6 Å².